The van der Waals surface area contributed by atoms with E-state index in [-0.39, 0.29) is 29.2 Å². The molecule has 0 aromatic heterocycles. The summed E-state index contributed by atoms with van der Waals surface area (Å²) in [7, 11) is 0. The van der Waals surface area contributed by atoms with Gasteiger partial charge in [-0.05, 0) is 60.8 Å². The SMILES string of the molecule is C=C[C@@H]1[C@@H](CC/C=C\CC)N(C(C)(C)C)C(=O)N1C(C)(C)C. The Bertz CT molecular complexity index is 426. The van der Waals surface area contributed by atoms with Gasteiger partial charge in [-0.25, -0.2) is 4.79 Å². The lowest BCUT2D eigenvalue weighted by molar-refractivity contribution is 0.122. The highest BCUT2D eigenvalue weighted by atomic mass is 16.2. The summed E-state index contributed by atoms with van der Waals surface area (Å²) in [6.45, 7) is 18.8. The van der Waals surface area contributed by atoms with Crippen LogP contribution in [-0.2, 0) is 0 Å². The fourth-order valence-corrected chi connectivity index (χ4v) is 3.34. The second kappa shape index (κ2) is 6.89. The highest BCUT2D eigenvalue weighted by molar-refractivity contribution is 5.80. The van der Waals surface area contributed by atoms with E-state index in [0.717, 1.165) is 19.3 Å². The Morgan fingerprint density at radius 1 is 1.05 bits per heavy atom. The number of hydrogen-bond acceptors (Lipinski definition) is 1. The van der Waals surface area contributed by atoms with Crippen molar-refractivity contribution < 1.29 is 4.79 Å². The molecule has 0 aromatic rings. The van der Waals surface area contributed by atoms with Crippen molar-refractivity contribution in [1.29, 1.82) is 0 Å². The van der Waals surface area contributed by atoms with Gasteiger partial charge in [0.2, 0.25) is 0 Å². The number of carbonyl (C=O) groups is 1. The molecule has 3 nitrogen and oxygen atoms in total. The first-order valence-corrected chi connectivity index (χ1v) is 8.46. The van der Waals surface area contributed by atoms with Crippen LogP contribution in [-0.4, -0.2) is 39.0 Å². The fraction of sp³-hybridized carbons (Fsp3) is 0.737. The molecule has 2 atom stereocenters. The summed E-state index contributed by atoms with van der Waals surface area (Å²) >= 11 is 0. The van der Waals surface area contributed by atoms with E-state index >= 15 is 0 Å². The van der Waals surface area contributed by atoms with E-state index in [9.17, 15) is 4.79 Å². The Morgan fingerprint density at radius 3 is 2.00 bits per heavy atom. The van der Waals surface area contributed by atoms with E-state index in [0.29, 0.717) is 0 Å². The summed E-state index contributed by atoms with van der Waals surface area (Å²) in [4.78, 5) is 17.1. The standard InChI is InChI=1S/C19H34N2O/c1-9-11-12-13-14-16-15(10-2)20(18(3,4)5)17(22)21(16)19(6,7)8/h10-12,15-16H,2,9,13-14H2,1,3-8H3/b12-11-/t15-,16-/m1/s1. The molecular weight excluding hydrogens is 272 g/mol. The molecule has 1 fully saturated rings. The summed E-state index contributed by atoms with van der Waals surface area (Å²) in [5.74, 6) is 0. The Hall–Kier alpha value is -1.25. The molecule has 0 spiro atoms. The number of allylic oxidation sites excluding steroid dienone is 2. The lowest BCUT2D eigenvalue weighted by Gasteiger charge is -2.37. The first-order valence-electron chi connectivity index (χ1n) is 8.46. The van der Waals surface area contributed by atoms with Gasteiger partial charge in [0.1, 0.15) is 0 Å². The molecule has 2 amide bonds. The minimum Gasteiger partial charge on any atom is -0.314 e. The number of carbonyl (C=O) groups excluding carboxylic acids is 1. The summed E-state index contributed by atoms with van der Waals surface area (Å²) in [6, 6.07) is 0.391. The third-order valence-electron chi connectivity index (χ3n) is 4.15. The van der Waals surface area contributed by atoms with Crippen molar-refractivity contribution in [2.24, 2.45) is 0 Å². The van der Waals surface area contributed by atoms with E-state index in [2.05, 4.69) is 72.1 Å². The van der Waals surface area contributed by atoms with Crippen LogP contribution in [0.1, 0.15) is 67.7 Å². The molecule has 0 unspecified atom stereocenters. The van der Waals surface area contributed by atoms with Crippen LogP contribution in [0.2, 0.25) is 0 Å². The van der Waals surface area contributed by atoms with Gasteiger partial charge >= 0.3 is 6.03 Å². The maximum atomic E-state index is 13.1. The van der Waals surface area contributed by atoms with Gasteiger partial charge in [0, 0.05) is 11.1 Å². The predicted molar refractivity (Wildman–Crippen MR) is 95.0 cm³/mol. The van der Waals surface area contributed by atoms with Crippen molar-refractivity contribution in [3.05, 3.63) is 24.8 Å². The maximum absolute atomic E-state index is 13.1. The van der Waals surface area contributed by atoms with Gasteiger partial charge < -0.3 is 9.80 Å². The molecule has 3 heteroatoms. The van der Waals surface area contributed by atoms with E-state index in [1.807, 2.05) is 11.0 Å². The Labute approximate surface area is 137 Å². The number of hydrogen-bond donors (Lipinski definition) is 0. The minimum absolute atomic E-state index is 0.0711. The molecule has 22 heavy (non-hydrogen) atoms. The third kappa shape index (κ3) is 3.93. The molecule has 0 radical (unpaired) electrons. The normalized spacial score (nSPS) is 23.7. The zero-order valence-corrected chi connectivity index (χ0v) is 15.5. The van der Waals surface area contributed by atoms with Crippen LogP contribution in [0.4, 0.5) is 4.79 Å². The molecule has 0 N–H and O–H groups in total. The third-order valence-corrected chi connectivity index (χ3v) is 4.15. The maximum Gasteiger partial charge on any atom is 0.321 e. The second-order valence-corrected chi connectivity index (χ2v) is 8.11. The first kappa shape index (κ1) is 18.8. The van der Waals surface area contributed by atoms with Crippen molar-refractivity contribution >= 4 is 6.03 Å². The van der Waals surface area contributed by atoms with Crippen LogP contribution < -0.4 is 0 Å². The van der Waals surface area contributed by atoms with Gasteiger partial charge in [-0.1, -0.05) is 25.2 Å². The molecule has 126 valence electrons. The Morgan fingerprint density at radius 2 is 1.59 bits per heavy atom. The lowest BCUT2D eigenvalue weighted by Crippen LogP contribution is -2.50. The topological polar surface area (TPSA) is 23.6 Å². The van der Waals surface area contributed by atoms with Gasteiger partial charge in [-0.3, -0.25) is 0 Å². The number of urea groups is 1. The van der Waals surface area contributed by atoms with E-state index < -0.39 is 0 Å². The largest absolute Gasteiger partial charge is 0.321 e. The lowest BCUT2D eigenvalue weighted by atomic mass is 9.95. The first-order chi connectivity index (χ1) is 10.1. The average molecular weight is 306 g/mol. The van der Waals surface area contributed by atoms with Crippen LogP contribution in [0.3, 0.4) is 0 Å². The Balaban J connectivity index is 3.13. The van der Waals surface area contributed by atoms with Crippen LogP contribution in [0.15, 0.2) is 24.8 Å². The molecule has 0 bridgehead atoms. The van der Waals surface area contributed by atoms with E-state index in [1.165, 1.54) is 0 Å². The van der Waals surface area contributed by atoms with Gasteiger partial charge in [0.05, 0.1) is 12.1 Å². The number of amides is 2. The molecule has 1 heterocycles. The predicted octanol–water partition coefficient (Wildman–Crippen LogP) is 4.99. The summed E-state index contributed by atoms with van der Waals surface area (Å²) in [6.07, 6.45) is 9.41. The summed E-state index contributed by atoms with van der Waals surface area (Å²) in [5, 5.41) is 0. The molecule has 0 aromatic carbocycles. The van der Waals surface area contributed by atoms with Crippen LogP contribution in [0.25, 0.3) is 0 Å². The van der Waals surface area contributed by atoms with Gasteiger partial charge in [0.25, 0.3) is 0 Å². The number of rotatable bonds is 5. The zero-order valence-electron chi connectivity index (χ0n) is 15.5. The molecular formula is C19H34N2O. The van der Waals surface area contributed by atoms with Crippen molar-refractivity contribution in [2.75, 3.05) is 0 Å². The fourth-order valence-electron chi connectivity index (χ4n) is 3.34. The molecule has 1 aliphatic heterocycles. The van der Waals surface area contributed by atoms with Gasteiger partial charge in [0.15, 0.2) is 0 Å². The van der Waals surface area contributed by atoms with E-state index in [4.69, 9.17) is 0 Å². The van der Waals surface area contributed by atoms with Gasteiger partial charge in [-0.15, -0.1) is 6.58 Å². The average Bonchev–Trinajstić information content (AvgIpc) is 2.66. The van der Waals surface area contributed by atoms with Crippen LogP contribution >= 0.6 is 0 Å². The van der Waals surface area contributed by atoms with Crippen LogP contribution in [0.5, 0.6) is 0 Å². The van der Waals surface area contributed by atoms with Gasteiger partial charge in [-0.2, -0.15) is 0 Å². The summed E-state index contributed by atoms with van der Waals surface area (Å²) < 4.78 is 0. The molecule has 0 aliphatic carbocycles. The van der Waals surface area contributed by atoms with Crippen molar-refractivity contribution in [2.45, 2.75) is 90.9 Å². The monoisotopic (exact) mass is 306 g/mol. The molecule has 1 aliphatic rings. The Kier molecular flexibility index (Phi) is 5.89. The number of nitrogens with zero attached hydrogens (tertiary/aromatic N) is 2. The molecule has 1 rings (SSSR count). The van der Waals surface area contributed by atoms with Crippen molar-refractivity contribution in [3.63, 3.8) is 0 Å². The smallest absolute Gasteiger partial charge is 0.314 e. The van der Waals surface area contributed by atoms with Crippen molar-refractivity contribution in [3.8, 4) is 0 Å². The highest BCUT2D eigenvalue weighted by Crippen LogP contribution is 2.37. The summed E-state index contributed by atoms with van der Waals surface area (Å²) in [5.41, 5.74) is -0.384. The van der Waals surface area contributed by atoms with Crippen molar-refractivity contribution in [1.82, 2.24) is 9.80 Å². The van der Waals surface area contributed by atoms with Crippen LogP contribution in [0, 0.1) is 0 Å². The molecule has 1 saturated heterocycles. The second-order valence-electron chi connectivity index (χ2n) is 8.11. The minimum atomic E-state index is -0.201. The quantitative estimate of drug-likeness (QED) is 0.656. The van der Waals surface area contributed by atoms with E-state index in [1.54, 1.807) is 0 Å². The highest BCUT2D eigenvalue weighted by Gasteiger charge is 2.51. The molecule has 0 saturated carbocycles. The zero-order chi connectivity index (χ0) is 17.1.